The molecule has 0 aromatic rings. The number of hydrogen-bond donors (Lipinski definition) is 0. The van der Waals surface area contributed by atoms with Crippen LogP contribution >= 0.6 is 15.3 Å². The van der Waals surface area contributed by atoms with Crippen LogP contribution in [0.3, 0.4) is 0 Å². The summed E-state index contributed by atoms with van der Waals surface area (Å²) in [4.78, 5) is 0. The second-order valence-electron chi connectivity index (χ2n) is 7.56. The molecule has 130 valence electrons. The average molecular weight is 659 g/mol. The van der Waals surface area contributed by atoms with E-state index in [0.29, 0.717) is 0 Å². The van der Waals surface area contributed by atoms with Crippen LogP contribution in [0.5, 0.6) is 0 Å². The third kappa shape index (κ3) is 3.01. The second-order valence-corrected chi connectivity index (χ2v) is 12.6. The van der Waals surface area contributed by atoms with Gasteiger partial charge in [0.05, 0.1) is 0 Å². The van der Waals surface area contributed by atoms with Crippen molar-refractivity contribution in [1.82, 2.24) is 0 Å². The van der Waals surface area contributed by atoms with Gasteiger partial charge in [0.15, 0.2) is 7.42 Å². The average Bonchev–Trinajstić information content (AvgIpc) is 2.75. The quantitative estimate of drug-likeness (QED) is 0.308. The van der Waals surface area contributed by atoms with Gasteiger partial charge in [-0.15, -0.1) is 15.3 Å². The molecule has 0 unspecified atom stereocenters. The molecule has 0 fully saturated rings. The first-order valence-electron chi connectivity index (χ1n) is 8.19. The smallest absolute Gasteiger partial charge is 1.00 e. The van der Waals surface area contributed by atoms with Gasteiger partial charge in [0.25, 0.3) is 0 Å². The molecule has 0 aliphatic heterocycles. The summed E-state index contributed by atoms with van der Waals surface area (Å²) in [7, 11) is -0.886. The monoisotopic (exact) mass is 658 g/mol. The topological polar surface area (TPSA) is 0 Å². The Balaban J connectivity index is 0.00000264. The van der Waals surface area contributed by atoms with E-state index < -0.39 is 7.42 Å². The van der Waals surface area contributed by atoms with Gasteiger partial charge in [0.1, 0.15) is 0 Å². The van der Waals surface area contributed by atoms with Crippen molar-refractivity contribution in [3.63, 3.8) is 0 Å². The number of allylic oxidation sites excluding steroid dienone is 8. The standard InChI is InChI=1S/C20H30BrSi.BrH.Hg/c1-11-12(2)16(6)19(9,15(11)5)22(21)20(10)17(7)13(3)14(4)18(20)8;;/h1-10H3;1H;/q;;+1/p-1. The zero-order valence-corrected chi connectivity index (χ0v) is 26.6. The normalized spacial score (nSPS) is 22.5. The third-order valence-corrected chi connectivity index (χ3v) is 15.3. The largest absolute Gasteiger partial charge is 1.00 e. The first kappa shape index (κ1) is 25.1. The number of hydrogen-bond acceptors (Lipinski definition) is 0. The van der Waals surface area contributed by atoms with E-state index in [2.05, 4.69) is 84.5 Å². The Bertz CT molecular complexity index is 574. The molecule has 2 radical (unpaired) electrons. The van der Waals surface area contributed by atoms with E-state index in [0.717, 1.165) is 0 Å². The van der Waals surface area contributed by atoms with E-state index in [1.165, 1.54) is 22.3 Å². The summed E-state index contributed by atoms with van der Waals surface area (Å²) < 4.78 is 0. The maximum Gasteiger partial charge on any atom is 1.00 e. The molecular weight excluding hydrogens is 629 g/mol. The summed E-state index contributed by atoms with van der Waals surface area (Å²) in [6.45, 7) is 23.5. The van der Waals surface area contributed by atoms with Gasteiger partial charge in [-0.25, -0.2) is 0 Å². The second kappa shape index (κ2) is 7.98. The van der Waals surface area contributed by atoms with Crippen molar-refractivity contribution in [3.05, 3.63) is 44.6 Å². The Labute approximate surface area is 189 Å². The van der Waals surface area contributed by atoms with E-state index in [1.807, 2.05) is 0 Å². The van der Waals surface area contributed by atoms with Crippen LogP contribution in [0.15, 0.2) is 44.6 Å². The van der Waals surface area contributed by atoms with Gasteiger partial charge in [0.2, 0.25) is 0 Å². The van der Waals surface area contributed by atoms with Gasteiger partial charge in [-0.05, 0) is 77.7 Å². The first-order chi connectivity index (χ1) is 9.93. The van der Waals surface area contributed by atoms with E-state index in [9.17, 15) is 0 Å². The Kier molecular flexibility index (Phi) is 8.34. The SMILES string of the molecule is CC1=C(C)C(C)([Si](Br)C2(C)C(C)=C(C)C(C)=C2C)C(C)=C1C.[Br-].[Hg+]. The van der Waals surface area contributed by atoms with Crippen molar-refractivity contribution in [2.45, 2.75) is 79.3 Å². The van der Waals surface area contributed by atoms with Crippen LogP contribution in [0.4, 0.5) is 0 Å². The zero-order chi connectivity index (χ0) is 17.2. The molecule has 2 aliphatic rings. The van der Waals surface area contributed by atoms with Crippen molar-refractivity contribution in [3.8, 4) is 0 Å². The van der Waals surface area contributed by atoms with Gasteiger partial charge in [-0.3, -0.25) is 0 Å². The Morgan fingerprint density at radius 2 is 0.750 bits per heavy atom. The third-order valence-electron chi connectivity index (χ3n) is 7.25. The molecule has 0 bridgehead atoms. The van der Waals surface area contributed by atoms with Crippen molar-refractivity contribution in [1.29, 1.82) is 0 Å². The molecule has 2 aliphatic carbocycles. The Morgan fingerprint density at radius 1 is 0.583 bits per heavy atom. The summed E-state index contributed by atoms with van der Waals surface area (Å²) in [6.07, 6.45) is 0. The molecule has 0 atom stereocenters. The van der Waals surface area contributed by atoms with Crippen LogP contribution in [0, 0.1) is 0 Å². The molecular formula is C20H30Br2HgSi. The van der Waals surface area contributed by atoms with Crippen LogP contribution in [-0.2, 0) is 27.7 Å². The minimum Gasteiger partial charge on any atom is -1.00 e. The molecule has 0 aromatic heterocycles. The molecule has 0 heterocycles. The zero-order valence-electron chi connectivity index (χ0n) is 17.0. The minimum absolute atomic E-state index is 0. The summed E-state index contributed by atoms with van der Waals surface area (Å²) >= 11 is 4.28. The predicted molar refractivity (Wildman–Crippen MR) is 105 cm³/mol. The van der Waals surface area contributed by atoms with Gasteiger partial charge in [-0.2, -0.15) is 0 Å². The van der Waals surface area contributed by atoms with Crippen molar-refractivity contribution in [2.24, 2.45) is 0 Å². The summed E-state index contributed by atoms with van der Waals surface area (Å²) in [5, 5.41) is 0.363. The molecule has 0 saturated heterocycles. The van der Waals surface area contributed by atoms with Crippen molar-refractivity contribution >= 4 is 22.7 Å². The molecule has 0 nitrogen and oxygen atoms in total. The van der Waals surface area contributed by atoms with Crippen LogP contribution in [0.2, 0.25) is 10.1 Å². The fourth-order valence-corrected chi connectivity index (χ4v) is 11.0. The van der Waals surface area contributed by atoms with Gasteiger partial charge < -0.3 is 17.0 Å². The molecule has 0 spiro atoms. The Hall–Kier alpha value is 1.07. The summed E-state index contributed by atoms with van der Waals surface area (Å²) in [6, 6.07) is 0. The van der Waals surface area contributed by atoms with E-state index in [-0.39, 0.29) is 54.7 Å². The van der Waals surface area contributed by atoms with Gasteiger partial charge in [-0.1, -0.05) is 36.1 Å². The number of rotatable bonds is 2. The van der Waals surface area contributed by atoms with Crippen LogP contribution < -0.4 is 17.0 Å². The minimum atomic E-state index is -0.886. The number of halogens is 2. The molecule has 0 N–H and O–H groups in total. The fraction of sp³-hybridized carbons (Fsp3) is 0.600. The maximum atomic E-state index is 4.28. The molecule has 0 aromatic carbocycles. The van der Waals surface area contributed by atoms with E-state index in [4.69, 9.17) is 0 Å². The molecule has 4 heteroatoms. The summed E-state index contributed by atoms with van der Waals surface area (Å²) in [5.74, 6) is 0. The molecule has 0 saturated carbocycles. The summed E-state index contributed by atoms with van der Waals surface area (Å²) in [5.41, 5.74) is 12.3. The van der Waals surface area contributed by atoms with Crippen LogP contribution in [0.1, 0.15) is 69.2 Å². The molecule has 2 rings (SSSR count). The first-order valence-corrected chi connectivity index (χ1v) is 11.9. The van der Waals surface area contributed by atoms with Crippen LogP contribution in [0.25, 0.3) is 0 Å². The predicted octanol–water partition coefficient (Wildman–Crippen LogP) is 4.27. The van der Waals surface area contributed by atoms with Gasteiger partial charge >= 0.3 is 27.7 Å². The van der Waals surface area contributed by atoms with Crippen molar-refractivity contribution in [2.75, 3.05) is 0 Å². The molecule has 24 heavy (non-hydrogen) atoms. The van der Waals surface area contributed by atoms with E-state index in [1.54, 1.807) is 22.3 Å². The van der Waals surface area contributed by atoms with Crippen molar-refractivity contribution < 1.29 is 44.7 Å². The van der Waals surface area contributed by atoms with Crippen LogP contribution in [-0.4, -0.2) is 7.42 Å². The Morgan fingerprint density at radius 3 is 0.917 bits per heavy atom. The van der Waals surface area contributed by atoms with E-state index >= 15 is 0 Å². The molecule has 0 amide bonds. The fourth-order valence-electron chi connectivity index (χ4n) is 4.35. The maximum absolute atomic E-state index is 4.28. The van der Waals surface area contributed by atoms with Gasteiger partial charge in [0, 0.05) is 10.1 Å².